The van der Waals surface area contributed by atoms with Gasteiger partial charge in [-0.15, -0.1) is 0 Å². The summed E-state index contributed by atoms with van der Waals surface area (Å²) in [5.41, 5.74) is 5.19. The molecule has 0 fully saturated rings. The Bertz CT molecular complexity index is 228. The van der Waals surface area contributed by atoms with E-state index in [1.165, 1.54) is 0 Å². The standard InChI is InChI=1S/C9H20N2O6/c10-2-1-3-11-9(17)8(16)7(15)6(14)5(13)4-12/h5-8,12-16H,1-4,10H2,(H,11,17)/t5-,6-,7+,8-/m1/s1. The van der Waals surface area contributed by atoms with Crippen LogP contribution in [0.2, 0.25) is 0 Å². The van der Waals surface area contributed by atoms with Crippen LogP contribution in [-0.4, -0.2) is 75.6 Å². The van der Waals surface area contributed by atoms with E-state index in [1.807, 2.05) is 0 Å². The predicted octanol–water partition coefficient (Wildman–Crippen LogP) is -4.11. The van der Waals surface area contributed by atoms with Crippen LogP contribution < -0.4 is 11.1 Å². The van der Waals surface area contributed by atoms with Crippen LogP contribution >= 0.6 is 0 Å². The van der Waals surface area contributed by atoms with Crippen molar-refractivity contribution in [1.82, 2.24) is 5.32 Å². The Morgan fingerprint density at radius 3 is 2.24 bits per heavy atom. The average Bonchev–Trinajstić information content (AvgIpc) is 2.35. The van der Waals surface area contributed by atoms with Gasteiger partial charge in [-0.25, -0.2) is 0 Å². The minimum atomic E-state index is -1.89. The molecule has 0 radical (unpaired) electrons. The molecule has 0 aliphatic heterocycles. The molecular formula is C9H20N2O6. The third-order valence-corrected chi connectivity index (χ3v) is 2.20. The van der Waals surface area contributed by atoms with Crippen LogP contribution in [-0.2, 0) is 4.79 Å². The van der Waals surface area contributed by atoms with Crippen molar-refractivity contribution in [2.75, 3.05) is 19.7 Å². The maximum atomic E-state index is 11.3. The molecule has 0 saturated carbocycles. The molecule has 8 heteroatoms. The van der Waals surface area contributed by atoms with E-state index in [0.717, 1.165) is 0 Å². The number of hydrogen-bond donors (Lipinski definition) is 7. The number of carbonyl (C=O) groups is 1. The fourth-order valence-electron chi connectivity index (χ4n) is 1.10. The average molecular weight is 252 g/mol. The molecule has 0 aromatic rings. The molecule has 17 heavy (non-hydrogen) atoms. The largest absolute Gasteiger partial charge is 0.394 e. The molecule has 0 aromatic carbocycles. The summed E-state index contributed by atoms with van der Waals surface area (Å²) in [6.45, 7) is -0.192. The van der Waals surface area contributed by atoms with Gasteiger partial charge in [0.25, 0.3) is 5.91 Å². The maximum Gasteiger partial charge on any atom is 0.251 e. The summed E-state index contributed by atoms with van der Waals surface area (Å²) < 4.78 is 0. The lowest BCUT2D eigenvalue weighted by molar-refractivity contribution is -0.148. The van der Waals surface area contributed by atoms with Gasteiger partial charge in [-0.3, -0.25) is 4.79 Å². The summed E-state index contributed by atoms with van der Waals surface area (Å²) in [5.74, 6) is -0.880. The van der Waals surface area contributed by atoms with Crippen molar-refractivity contribution in [1.29, 1.82) is 0 Å². The van der Waals surface area contributed by atoms with Gasteiger partial charge in [0.15, 0.2) is 6.10 Å². The third-order valence-electron chi connectivity index (χ3n) is 2.20. The van der Waals surface area contributed by atoms with Crippen molar-refractivity contribution in [3.63, 3.8) is 0 Å². The molecule has 0 aromatic heterocycles. The zero-order valence-electron chi connectivity index (χ0n) is 9.36. The van der Waals surface area contributed by atoms with Gasteiger partial charge in [-0.05, 0) is 13.0 Å². The van der Waals surface area contributed by atoms with E-state index >= 15 is 0 Å². The monoisotopic (exact) mass is 252 g/mol. The zero-order valence-corrected chi connectivity index (χ0v) is 9.36. The normalized spacial score (nSPS) is 18.2. The Hall–Kier alpha value is -0.770. The molecule has 8 N–H and O–H groups in total. The second kappa shape index (κ2) is 8.34. The van der Waals surface area contributed by atoms with E-state index in [0.29, 0.717) is 13.0 Å². The Kier molecular flexibility index (Phi) is 7.96. The fourth-order valence-corrected chi connectivity index (χ4v) is 1.10. The van der Waals surface area contributed by atoms with E-state index in [1.54, 1.807) is 0 Å². The van der Waals surface area contributed by atoms with E-state index < -0.39 is 36.9 Å². The first kappa shape index (κ1) is 16.2. The minimum absolute atomic E-state index is 0.234. The lowest BCUT2D eigenvalue weighted by atomic mass is 10.0. The number of aliphatic hydroxyl groups is 5. The quantitative estimate of drug-likeness (QED) is 0.216. The predicted molar refractivity (Wildman–Crippen MR) is 57.8 cm³/mol. The molecule has 102 valence electrons. The van der Waals surface area contributed by atoms with E-state index in [2.05, 4.69) is 5.32 Å². The van der Waals surface area contributed by atoms with Gasteiger partial charge in [0, 0.05) is 6.54 Å². The molecule has 0 aliphatic rings. The van der Waals surface area contributed by atoms with Crippen LogP contribution in [0.4, 0.5) is 0 Å². The lowest BCUT2D eigenvalue weighted by Crippen LogP contribution is -2.51. The molecule has 0 bridgehead atoms. The summed E-state index contributed by atoms with van der Waals surface area (Å²) in [7, 11) is 0. The highest BCUT2D eigenvalue weighted by Gasteiger charge is 2.33. The Labute approximate surface area is 98.7 Å². The molecule has 0 saturated heterocycles. The summed E-state index contributed by atoms with van der Waals surface area (Å²) >= 11 is 0. The summed E-state index contributed by atoms with van der Waals surface area (Å²) in [6.07, 6.45) is -6.69. The van der Waals surface area contributed by atoms with Crippen molar-refractivity contribution in [3.05, 3.63) is 0 Å². The molecule has 8 nitrogen and oxygen atoms in total. The zero-order chi connectivity index (χ0) is 13.4. The Morgan fingerprint density at radius 1 is 1.18 bits per heavy atom. The van der Waals surface area contributed by atoms with Crippen molar-refractivity contribution < 1.29 is 30.3 Å². The first-order chi connectivity index (χ1) is 7.95. The molecule has 0 spiro atoms. The van der Waals surface area contributed by atoms with E-state index in [-0.39, 0.29) is 6.54 Å². The second-order valence-electron chi connectivity index (χ2n) is 3.61. The molecule has 4 atom stereocenters. The first-order valence-electron chi connectivity index (χ1n) is 5.26. The minimum Gasteiger partial charge on any atom is -0.394 e. The van der Waals surface area contributed by atoms with Crippen LogP contribution in [0.3, 0.4) is 0 Å². The topological polar surface area (TPSA) is 156 Å². The number of nitrogens with two attached hydrogens (primary N) is 1. The molecule has 0 heterocycles. The number of hydrogen-bond acceptors (Lipinski definition) is 7. The van der Waals surface area contributed by atoms with Gasteiger partial charge in [-0.2, -0.15) is 0 Å². The highest BCUT2D eigenvalue weighted by Crippen LogP contribution is 2.05. The number of aliphatic hydroxyl groups excluding tert-OH is 5. The third kappa shape index (κ3) is 5.39. The number of nitrogens with one attached hydrogen (secondary N) is 1. The second-order valence-corrected chi connectivity index (χ2v) is 3.61. The van der Waals surface area contributed by atoms with Crippen LogP contribution in [0.5, 0.6) is 0 Å². The highest BCUT2D eigenvalue weighted by atomic mass is 16.4. The first-order valence-corrected chi connectivity index (χ1v) is 5.26. The molecular weight excluding hydrogens is 232 g/mol. The van der Waals surface area contributed by atoms with Gasteiger partial charge >= 0.3 is 0 Å². The summed E-state index contributed by atoms with van der Waals surface area (Å²) in [6, 6.07) is 0. The summed E-state index contributed by atoms with van der Waals surface area (Å²) in [5, 5.41) is 47.8. The van der Waals surface area contributed by atoms with Crippen molar-refractivity contribution in [2.24, 2.45) is 5.73 Å². The highest BCUT2D eigenvalue weighted by molar-refractivity contribution is 5.81. The van der Waals surface area contributed by atoms with Crippen LogP contribution in [0.25, 0.3) is 0 Å². The van der Waals surface area contributed by atoms with E-state index in [4.69, 9.17) is 15.9 Å². The van der Waals surface area contributed by atoms with Crippen LogP contribution in [0.15, 0.2) is 0 Å². The molecule has 0 unspecified atom stereocenters. The maximum absolute atomic E-state index is 11.3. The summed E-state index contributed by atoms with van der Waals surface area (Å²) in [4.78, 5) is 11.3. The fraction of sp³-hybridized carbons (Fsp3) is 0.889. The van der Waals surface area contributed by atoms with E-state index in [9.17, 15) is 20.1 Å². The van der Waals surface area contributed by atoms with Crippen LogP contribution in [0.1, 0.15) is 6.42 Å². The Morgan fingerprint density at radius 2 is 1.76 bits per heavy atom. The molecule has 0 rings (SSSR count). The lowest BCUT2D eigenvalue weighted by Gasteiger charge is -2.24. The van der Waals surface area contributed by atoms with Gasteiger partial charge in [-0.1, -0.05) is 0 Å². The van der Waals surface area contributed by atoms with Gasteiger partial charge < -0.3 is 36.6 Å². The van der Waals surface area contributed by atoms with Gasteiger partial charge in [0.1, 0.15) is 18.3 Å². The van der Waals surface area contributed by atoms with Crippen LogP contribution in [0, 0.1) is 0 Å². The van der Waals surface area contributed by atoms with Crippen molar-refractivity contribution >= 4 is 5.91 Å². The van der Waals surface area contributed by atoms with Gasteiger partial charge in [0.2, 0.25) is 0 Å². The SMILES string of the molecule is NCCCNC(=O)[C@H](O)[C@@H](O)[C@H](O)[C@H](O)CO. The Balaban J connectivity index is 4.18. The smallest absolute Gasteiger partial charge is 0.251 e. The molecule has 0 aliphatic carbocycles. The van der Waals surface area contributed by atoms with Crippen molar-refractivity contribution in [2.45, 2.75) is 30.8 Å². The molecule has 1 amide bonds. The number of rotatable bonds is 8. The van der Waals surface area contributed by atoms with Crippen molar-refractivity contribution in [3.8, 4) is 0 Å². The van der Waals surface area contributed by atoms with Gasteiger partial charge in [0.05, 0.1) is 6.61 Å². The number of amides is 1. The number of carbonyl (C=O) groups excluding carboxylic acids is 1.